The van der Waals surface area contributed by atoms with E-state index in [1.54, 1.807) is 6.20 Å². The summed E-state index contributed by atoms with van der Waals surface area (Å²) in [7, 11) is 0. The van der Waals surface area contributed by atoms with Crippen LogP contribution >= 0.6 is 0 Å². The van der Waals surface area contributed by atoms with Crippen LogP contribution in [-0.4, -0.2) is 41.6 Å². The zero-order valence-corrected chi connectivity index (χ0v) is 10.4. The first-order chi connectivity index (χ1) is 8.81. The molecule has 1 amide bonds. The molecule has 0 bridgehead atoms. The molecule has 5 nitrogen and oxygen atoms in total. The van der Waals surface area contributed by atoms with Crippen molar-refractivity contribution >= 4 is 5.91 Å². The molecule has 0 spiro atoms. The minimum atomic E-state index is 0.0246. The Bertz CT molecular complexity index is 379. The van der Waals surface area contributed by atoms with Crippen molar-refractivity contribution in [3.8, 4) is 0 Å². The number of hydrogen-bond donors (Lipinski definition) is 1. The smallest absolute Gasteiger partial charge is 0.249 e. The quantitative estimate of drug-likeness (QED) is 0.716. The van der Waals surface area contributed by atoms with Crippen LogP contribution in [0.4, 0.5) is 0 Å². The predicted octanol–water partition coefficient (Wildman–Crippen LogP) is 0.548. The van der Waals surface area contributed by atoms with Gasteiger partial charge in [-0.2, -0.15) is 0 Å². The molecule has 0 atom stereocenters. The second-order valence-electron chi connectivity index (χ2n) is 4.42. The van der Waals surface area contributed by atoms with E-state index < -0.39 is 0 Å². The lowest BCUT2D eigenvalue weighted by atomic mass is 10.3. The van der Waals surface area contributed by atoms with Crippen molar-refractivity contribution in [2.75, 3.05) is 19.8 Å². The Morgan fingerprint density at radius 1 is 1.50 bits per heavy atom. The van der Waals surface area contributed by atoms with Gasteiger partial charge in [-0.15, -0.1) is 0 Å². The van der Waals surface area contributed by atoms with Crippen LogP contribution in [0.5, 0.6) is 0 Å². The highest BCUT2D eigenvalue weighted by molar-refractivity contribution is 5.78. The molecule has 0 aromatic carbocycles. The monoisotopic (exact) mass is 249 g/mol. The summed E-state index contributed by atoms with van der Waals surface area (Å²) in [4.78, 5) is 18.1. The van der Waals surface area contributed by atoms with Gasteiger partial charge in [-0.25, -0.2) is 0 Å². The van der Waals surface area contributed by atoms with Crippen molar-refractivity contribution in [3.63, 3.8) is 0 Å². The van der Waals surface area contributed by atoms with Gasteiger partial charge >= 0.3 is 0 Å². The third kappa shape index (κ3) is 3.78. The van der Waals surface area contributed by atoms with Gasteiger partial charge in [-0.05, 0) is 25.0 Å². The molecule has 0 aliphatic heterocycles. The van der Waals surface area contributed by atoms with Crippen LogP contribution in [0.1, 0.15) is 18.5 Å². The summed E-state index contributed by atoms with van der Waals surface area (Å²) in [5.41, 5.74) is 6.24. The van der Waals surface area contributed by atoms with Crippen LogP contribution < -0.4 is 5.73 Å². The first-order valence-electron chi connectivity index (χ1n) is 6.28. The molecule has 0 radical (unpaired) electrons. The number of aromatic nitrogens is 1. The Kier molecular flexibility index (Phi) is 4.66. The Hall–Kier alpha value is -1.46. The summed E-state index contributed by atoms with van der Waals surface area (Å²) >= 11 is 0. The second-order valence-corrected chi connectivity index (χ2v) is 4.42. The zero-order valence-electron chi connectivity index (χ0n) is 10.4. The van der Waals surface area contributed by atoms with Crippen molar-refractivity contribution in [3.05, 3.63) is 30.1 Å². The lowest BCUT2D eigenvalue weighted by molar-refractivity contribution is -0.137. The summed E-state index contributed by atoms with van der Waals surface area (Å²) in [6.45, 7) is 1.54. The van der Waals surface area contributed by atoms with Crippen LogP contribution in [0.2, 0.25) is 0 Å². The molecule has 1 aliphatic rings. The number of nitrogens with zero attached hydrogens (tertiary/aromatic N) is 2. The Balaban J connectivity index is 1.89. The van der Waals surface area contributed by atoms with Crippen molar-refractivity contribution in [1.82, 2.24) is 9.88 Å². The number of pyridine rings is 1. The summed E-state index contributed by atoms with van der Waals surface area (Å²) in [6.07, 6.45) is 3.90. The van der Waals surface area contributed by atoms with E-state index in [0.717, 1.165) is 18.5 Å². The van der Waals surface area contributed by atoms with E-state index in [2.05, 4.69) is 4.98 Å². The van der Waals surface area contributed by atoms with E-state index in [9.17, 15) is 4.79 Å². The zero-order chi connectivity index (χ0) is 12.8. The van der Waals surface area contributed by atoms with E-state index in [0.29, 0.717) is 25.7 Å². The number of nitrogens with two attached hydrogens (primary N) is 1. The maximum absolute atomic E-state index is 12.0. The summed E-state index contributed by atoms with van der Waals surface area (Å²) in [5, 5.41) is 0. The summed E-state index contributed by atoms with van der Waals surface area (Å²) in [5.74, 6) is 0.0246. The highest BCUT2D eigenvalue weighted by Crippen LogP contribution is 2.28. The van der Waals surface area contributed by atoms with Crippen LogP contribution in [-0.2, 0) is 16.1 Å². The first-order valence-corrected chi connectivity index (χ1v) is 6.28. The second kappa shape index (κ2) is 6.47. The molecule has 0 unspecified atom stereocenters. The van der Waals surface area contributed by atoms with Gasteiger partial charge in [0.25, 0.3) is 0 Å². The van der Waals surface area contributed by atoms with Gasteiger partial charge < -0.3 is 15.4 Å². The largest absolute Gasteiger partial charge is 0.370 e. The van der Waals surface area contributed by atoms with Gasteiger partial charge in [0.1, 0.15) is 6.61 Å². The molecule has 0 saturated heterocycles. The average molecular weight is 249 g/mol. The summed E-state index contributed by atoms with van der Waals surface area (Å²) < 4.78 is 5.20. The number of carbonyl (C=O) groups is 1. The average Bonchev–Trinajstić information content (AvgIpc) is 3.21. The minimum absolute atomic E-state index is 0.0246. The molecule has 98 valence electrons. The van der Waals surface area contributed by atoms with E-state index >= 15 is 0 Å². The summed E-state index contributed by atoms with van der Waals surface area (Å²) in [6, 6.07) is 6.10. The van der Waals surface area contributed by atoms with Gasteiger partial charge in [0, 0.05) is 18.8 Å². The molecule has 1 heterocycles. The van der Waals surface area contributed by atoms with Crippen LogP contribution in [0, 0.1) is 0 Å². The fraction of sp³-hybridized carbons (Fsp3) is 0.538. The lowest BCUT2D eigenvalue weighted by Gasteiger charge is -2.22. The fourth-order valence-corrected chi connectivity index (χ4v) is 1.80. The minimum Gasteiger partial charge on any atom is -0.370 e. The van der Waals surface area contributed by atoms with E-state index in [1.807, 2.05) is 23.1 Å². The maximum Gasteiger partial charge on any atom is 0.249 e. The molecule has 1 aliphatic carbocycles. The topological polar surface area (TPSA) is 68.5 Å². The molecule has 1 saturated carbocycles. The van der Waals surface area contributed by atoms with E-state index in [1.165, 1.54) is 0 Å². The van der Waals surface area contributed by atoms with E-state index in [-0.39, 0.29) is 12.5 Å². The lowest BCUT2D eigenvalue weighted by Crippen LogP contribution is -2.36. The van der Waals surface area contributed by atoms with Crippen molar-refractivity contribution < 1.29 is 9.53 Å². The van der Waals surface area contributed by atoms with Gasteiger partial charge in [0.05, 0.1) is 18.8 Å². The molecular formula is C13H19N3O2. The highest BCUT2D eigenvalue weighted by atomic mass is 16.5. The Labute approximate surface area is 107 Å². The molecule has 5 heteroatoms. The first kappa shape index (κ1) is 13.0. The van der Waals surface area contributed by atoms with Crippen molar-refractivity contribution in [1.29, 1.82) is 0 Å². The number of hydrogen-bond acceptors (Lipinski definition) is 4. The fourth-order valence-electron chi connectivity index (χ4n) is 1.80. The number of rotatable bonds is 7. The molecule has 1 fully saturated rings. The third-order valence-corrected chi connectivity index (χ3v) is 2.85. The number of ether oxygens (including phenoxy) is 1. The molecule has 1 aromatic heterocycles. The Morgan fingerprint density at radius 3 is 2.94 bits per heavy atom. The van der Waals surface area contributed by atoms with Crippen LogP contribution in [0.15, 0.2) is 24.4 Å². The predicted molar refractivity (Wildman–Crippen MR) is 67.7 cm³/mol. The Morgan fingerprint density at radius 2 is 2.33 bits per heavy atom. The standard InChI is InChI=1S/C13H19N3O2/c14-6-8-18-10-13(17)16(12-4-5-12)9-11-3-1-2-7-15-11/h1-3,7,12H,4-6,8-10,14H2. The molecule has 1 aromatic rings. The molecular weight excluding hydrogens is 230 g/mol. The van der Waals surface area contributed by atoms with Crippen molar-refractivity contribution in [2.45, 2.75) is 25.4 Å². The molecule has 2 N–H and O–H groups in total. The number of amides is 1. The normalized spacial score (nSPS) is 14.5. The molecule has 2 rings (SSSR count). The molecule has 18 heavy (non-hydrogen) atoms. The maximum atomic E-state index is 12.0. The SMILES string of the molecule is NCCOCC(=O)N(Cc1ccccn1)C1CC1. The van der Waals surface area contributed by atoms with E-state index in [4.69, 9.17) is 10.5 Å². The number of carbonyl (C=O) groups excluding carboxylic acids is 1. The van der Waals surface area contributed by atoms with Gasteiger partial charge in [-0.1, -0.05) is 6.07 Å². The third-order valence-electron chi connectivity index (χ3n) is 2.85. The van der Waals surface area contributed by atoms with Gasteiger partial charge in [0.2, 0.25) is 5.91 Å². The van der Waals surface area contributed by atoms with Gasteiger partial charge in [-0.3, -0.25) is 9.78 Å². The highest BCUT2D eigenvalue weighted by Gasteiger charge is 2.32. The van der Waals surface area contributed by atoms with Crippen LogP contribution in [0.3, 0.4) is 0 Å². The van der Waals surface area contributed by atoms with Gasteiger partial charge in [0.15, 0.2) is 0 Å². The van der Waals surface area contributed by atoms with Crippen LogP contribution in [0.25, 0.3) is 0 Å². The van der Waals surface area contributed by atoms with Crippen molar-refractivity contribution in [2.24, 2.45) is 5.73 Å².